The summed E-state index contributed by atoms with van der Waals surface area (Å²) >= 11 is 0. The molecule has 1 amide bonds. The third kappa shape index (κ3) is 3.81. The van der Waals surface area contributed by atoms with Gasteiger partial charge in [0.2, 0.25) is 5.91 Å². The number of carbonyl (C=O) groups excluding carboxylic acids is 1. The molecule has 3 aliphatic rings. The maximum atomic E-state index is 12.8. The van der Waals surface area contributed by atoms with E-state index >= 15 is 0 Å². The average molecular weight is 327 g/mol. The Bertz CT molecular complexity index is 576. The molecule has 0 atom stereocenters. The lowest BCUT2D eigenvalue weighted by molar-refractivity contribution is -0.120. The van der Waals surface area contributed by atoms with Gasteiger partial charge in [-0.2, -0.15) is 0 Å². The van der Waals surface area contributed by atoms with Crippen LogP contribution >= 0.6 is 0 Å². The van der Waals surface area contributed by atoms with Gasteiger partial charge >= 0.3 is 0 Å². The van der Waals surface area contributed by atoms with Crippen molar-refractivity contribution in [3.63, 3.8) is 0 Å². The lowest BCUT2D eigenvalue weighted by Crippen LogP contribution is -2.48. The smallest absolute Gasteiger partial charge is 0.241 e. The molecule has 24 heavy (non-hydrogen) atoms. The number of carbonyl (C=O) groups is 1. The molecular weight excluding hydrogens is 298 g/mol. The van der Waals surface area contributed by atoms with Gasteiger partial charge in [-0.25, -0.2) is 0 Å². The number of rotatable bonds is 5. The van der Waals surface area contributed by atoms with Crippen LogP contribution in [0.2, 0.25) is 0 Å². The Hall–Kier alpha value is -1.39. The van der Waals surface area contributed by atoms with Crippen molar-refractivity contribution in [3.05, 3.63) is 29.8 Å². The molecule has 2 aliphatic heterocycles. The summed E-state index contributed by atoms with van der Waals surface area (Å²) in [5.41, 5.74) is 2.45. The third-order valence-corrected chi connectivity index (χ3v) is 5.75. The number of hydrogen-bond acceptors (Lipinski definition) is 3. The van der Waals surface area contributed by atoms with E-state index in [0.29, 0.717) is 12.6 Å². The first-order valence-corrected chi connectivity index (χ1v) is 9.63. The van der Waals surface area contributed by atoms with Gasteiger partial charge in [0, 0.05) is 31.4 Å². The molecule has 0 spiro atoms. The Morgan fingerprint density at radius 2 is 1.88 bits per heavy atom. The van der Waals surface area contributed by atoms with Crippen LogP contribution < -0.4 is 10.2 Å². The molecular formula is C20H29N3O. The minimum absolute atomic E-state index is 0.270. The zero-order valence-electron chi connectivity index (χ0n) is 14.5. The Labute approximate surface area is 145 Å². The van der Waals surface area contributed by atoms with Gasteiger partial charge in [0.15, 0.2) is 0 Å². The molecule has 2 heterocycles. The van der Waals surface area contributed by atoms with Crippen LogP contribution in [-0.2, 0) is 11.2 Å². The number of aryl methyl sites for hydroxylation is 1. The highest BCUT2D eigenvalue weighted by atomic mass is 16.2. The van der Waals surface area contributed by atoms with E-state index in [1.807, 2.05) is 11.0 Å². The molecule has 4 heteroatoms. The largest absolute Gasteiger partial charge is 0.314 e. The number of likely N-dealkylation sites (tertiary alicyclic amines) is 1. The summed E-state index contributed by atoms with van der Waals surface area (Å²) in [6, 6.07) is 9.03. The summed E-state index contributed by atoms with van der Waals surface area (Å²) in [5, 5.41) is 3.71. The minimum atomic E-state index is 0.270. The molecule has 1 aromatic rings. The SMILES string of the molecule is O=C(CN1CCC(NCC2CC2)CC1)N1CCCc2ccccc21. The van der Waals surface area contributed by atoms with Crippen molar-refractivity contribution in [3.8, 4) is 0 Å². The topological polar surface area (TPSA) is 35.6 Å². The third-order valence-electron chi connectivity index (χ3n) is 5.75. The van der Waals surface area contributed by atoms with Gasteiger partial charge in [-0.1, -0.05) is 18.2 Å². The molecule has 1 aliphatic carbocycles. The van der Waals surface area contributed by atoms with Gasteiger partial charge in [0.25, 0.3) is 0 Å². The van der Waals surface area contributed by atoms with E-state index in [9.17, 15) is 4.79 Å². The van der Waals surface area contributed by atoms with Gasteiger partial charge in [0.05, 0.1) is 6.54 Å². The second kappa shape index (κ2) is 7.24. The van der Waals surface area contributed by atoms with Crippen LogP contribution in [0.25, 0.3) is 0 Å². The predicted octanol–water partition coefficient (Wildman–Crippen LogP) is 2.43. The second-order valence-electron chi connectivity index (χ2n) is 7.68. The molecule has 1 N–H and O–H groups in total. The molecule has 4 rings (SSSR count). The fourth-order valence-electron chi connectivity index (χ4n) is 4.02. The molecule has 0 unspecified atom stereocenters. The number of piperidine rings is 1. The molecule has 0 aromatic heterocycles. The number of fused-ring (bicyclic) bond motifs is 1. The fourth-order valence-corrected chi connectivity index (χ4v) is 4.02. The van der Waals surface area contributed by atoms with E-state index in [4.69, 9.17) is 0 Å². The summed E-state index contributed by atoms with van der Waals surface area (Å²) < 4.78 is 0. The zero-order chi connectivity index (χ0) is 16.4. The van der Waals surface area contributed by atoms with Gasteiger partial charge in [-0.15, -0.1) is 0 Å². The van der Waals surface area contributed by atoms with E-state index in [1.165, 1.54) is 37.8 Å². The Morgan fingerprint density at radius 1 is 1.08 bits per heavy atom. The average Bonchev–Trinajstić information content (AvgIpc) is 3.45. The molecule has 1 saturated heterocycles. The molecule has 2 fully saturated rings. The lowest BCUT2D eigenvalue weighted by Gasteiger charge is -2.35. The van der Waals surface area contributed by atoms with Crippen molar-refractivity contribution >= 4 is 11.6 Å². The maximum Gasteiger partial charge on any atom is 0.241 e. The van der Waals surface area contributed by atoms with Crippen molar-refractivity contribution in [1.82, 2.24) is 10.2 Å². The van der Waals surface area contributed by atoms with Gasteiger partial charge in [0.1, 0.15) is 0 Å². The Kier molecular flexibility index (Phi) is 4.86. The first kappa shape index (κ1) is 16.1. The van der Waals surface area contributed by atoms with Crippen LogP contribution in [-0.4, -0.2) is 49.6 Å². The standard InChI is InChI=1S/C20H29N3O/c24-20(23-11-3-5-17-4-1-2-6-19(17)23)15-22-12-9-18(10-13-22)21-14-16-7-8-16/h1-2,4,6,16,18,21H,3,5,7-15H2. The lowest BCUT2D eigenvalue weighted by atomic mass is 10.0. The fraction of sp³-hybridized carbons (Fsp3) is 0.650. The molecule has 130 valence electrons. The highest BCUT2D eigenvalue weighted by molar-refractivity contribution is 5.95. The first-order valence-electron chi connectivity index (χ1n) is 9.63. The maximum absolute atomic E-state index is 12.8. The van der Waals surface area contributed by atoms with Crippen molar-refractivity contribution < 1.29 is 4.79 Å². The van der Waals surface area contributed by atoms with Crippen molar-refractivity contribution in [1.29, 1.82) is 0 Å². The number of para-hydroxylation sites is 1. The number of nitrogens with zero attached hydrogens (tertiary/aromatic N) is 2. The quantitative estimate of drug-likeness (QED) is 0.902. The summed E-state index contributed by atoms with van der Waals surface area (Å²) in [6.45, 7) is 4.74. The highest BCUT2D eigenvalue weighted by Gasteiger charge is 2.27. The molecule has 0 radical (unpaired) electrons. The van der Waals surface area contributed by atoms with Crippen molar-refractivity contribution in [2.45, 2.75) is 44.6 Å². The zero-order valence-corrected chi connectivity index (χ0v) is 14.5. The Morgan fingerprint density at radius 3 is 2.67 bits per heavy atom. The first-order chi connectivity index (χ1) is 11.8. The van der Waals surface area contributed by atoms with Crippen LogP contribution in [0.4, 0.5) is 5.69 Å². The number of amides is 1. The summed E-state index contributed by atoms with van der Waals surface area (Å²) in [6.07, 6.45) is 7.36. The van der Waals surface area contributed by atoms with Crippen LogP contribution in [0, 0.1) is 5.92 Å². The number of hydrogen-bond donors (Lipinski definition) is 1. The summed E-state index contributed by atoms with van der Waals surface area (Å²) in [4.78, 5) is 17.2. The van der Waals surface area contributed by atoms with Crippen LogP contribution in [0.3, 0.4) is 0 Å². The van der Waals surface area contributed by atoms with Crippen LogP contribution in [0.1, 0.15) is 37.7 Å². The monoisotopic (exact) mass is 327 g/mol. The molecule has 0 bridgehead atoms. The Balaban J connectivity index is 1.28. The number of benzene rings is 1. The van der Waals surface area contributed by atoms with E-state index < -0.39 is 0 Å². The normalized spacial score (nSPS) is 22.4. The van der Waals surface area contributed by atoms with E-state index in [1.54, 1.807) is 0 Å². The second-order valence-corrected chi connectivity index (χ2v) is 7.68. The number of anilines is 1. The van der Waals surface area contributed by atoms with Crippen molar-refractivity contribution in [2.75, 3.05) is 37.6 Å². The highest BCUT2D eigenvalue weighted by Crippen LogP contribution is 2.28. The van der Waals surface area contributed by atoms with Crippen LogP contribution in [0.5, 0.6) is 0 Å². The number of nitrogens with one attached hydrogen (secondary N) is 1. The molecule has 1 saturated carbocycles. The molecule has 4 nitrogen and oxygen atoms in total. The molecule has 1 aromatic carbocycles. The van der Waals surface area contributed by atoms with Crippen molar-refractivity contribution in [2.24, 2.45) is 5.92 Å². The van der Waals surface area contributed by atoms with Gasteiger partial charge < -0.3 is 10.2 Å². The van der Waals surface area contributed by atoms with Gasteiger partial charge in [-0.3, -0.25) is 9.69 Å². The predicted molar refractivity (Wildman–Crippen MR) is 97.3 cm³/mol. The minimum Gasteiger partial charge on any atom is -0.314 e. The van der Waals surface area contributed by atoms with E-state index in [0.717, 1.165) is 44.1 Å². The van der Waals surface area contributed by atoms with E-state index in [-0.39, 0.29) is 5.91 Å². The van der Waals surface area contributed by atoms with Crippen LogP contribution in [0.15, 0.2) is 24.3 Å². The summed E-state index contributed by atoms with van der Waals surface area (Å²) in [5.74, 6) is 1.22. The van der Waals surface area contributed by atoms with Gasteiger partial charge in [-0.05, 0) is 62.6 Å². The van der Waals surface area contributed by atoms with E-state index in [2.05, 4.69) is 28.4 Å². The summed E-state index contributed by atoms with van der Waals surface area (Å²) in [7, 11) is 0.